The van der Waals surface area contributed by atoms with Gasteiger partial charge in [-0.25, -0.2) is 0 Å². The fourth-order valence-electron chi connectivity index (χ4n) is 8.72. The third-order valence-corrected chi connectivity index (χ3v) is 11.6. The molecular formula is C40H63N3O7. The van der Waals surface area contributed by atoms with Crippen molar-refractivity contribution < 1.29 is 33.6 Å². The molecule has 1 aliphatic heterocycles. The lowest BCUT2D eigenvalue weighted by Crippen LogP contribution is -2.60. The average molecular weight is 698 g/mol. The maximum atomic E-state index is 14.8. The Bertz CT molecular complexity index is 1280. The second-order valence-corrected chi connectivity index (χ2v) is 17.3. The molecule has 4 aliphatic rings. The van der Waals surface area contributed by atoms with E-state index in [1.807, 2.05) is 27.7 Å². The van der Waals surface area contributed by atoms with Crippen molar-refractivity contribution >= 4 is 40.9 Å². The molecule has 0 bridgehead atoms. The van der Waals surface area contributed by atoms with Crippen molar-refractivity contribution in [1.82, 2.24) is 15.5 Å². The van der Waals surface area contributed by atoms with Crippen molar-refractivity contribution in [2.45, 2.75) is 175 Å². The van der Waals surface area contributed by atoms with Crippen LogP contribution in [-0.2, 0) is 33.6 Å². The predicted octanol–water partition coefficient (Wildman–Crippen LogP) is 5.67. The van der Waals surface area contributed by atoms with Gasteiger partial charge in [-0.3, -0.25) is 33.6 Å². The maximum Gasteiger partial charge on any atom is 0.287 e. The van der Waals surface area contributed by atoms with Crippen molar-refractivity contribution in [3.8, 4) is 0 Å². The van der Waals surface area contributed by atoms with Gasteiger partial charge in [0.1, 0.15) is 6.04 Å². The highest BCUT2D eigenvalue weighted by Gasteiger charge is 2.51. The molecule has 6 atom stereocenters. The molecule has 0 aromatic heterocycles. The Kier molecular flexibility index (Phi) is 14.0. The number of ketones is 4. The smallest absolute Gasteiger partial charge is 0.287 e. The molecule has 50 heavy (non-hydrogen) atoms. The molecule has 10 nitrogen and oxygen atoms in total. The van der Waals surface area contributed by atoms with Crippen LogP contribution in [0.5, 0.6) is 0 Å². The van der Waals surface area contributed by atoms with Crippen molar-refractivity contribution in [3.63, 3.8) is 0 Å². The summed E-state index contributed by atoms with van der Waals surface area (Å²) in [7, 11) is 0. The number of nitrogens with one attached hydrogen (secondary N) is 2. The van der Waals surface area contributed by atoms with Crippen molar-refractivity contribution in [2.24, 2.45) is 35.0 Å². The van der Waals surface area contributed by atoms with Gasteiger partial charge < -0.3 is 15.5 Å². The van der Waals surface area contributed by atoms with E-state index in [9.17, 15) is 33.6 Å². The zero-order valence-corrected chi connectivity index (χ0v) is 31.5. The summed E-state index contributed by atoms with van der Waals surface area (Å²) in [5.41, 5.74) is -0.723. The lowest BCUT2D eigenvalue weighted by Gasteiger charge is -2.40. The molecule has 1 unspecified atom stereocenters. The normalized spacial score (nSPS) is 24.5. The summed E-state index contributed by atoms with van der Waals surface area (Å²) in [4.78, 5) is 96.7. The molecule has 3 saturated carbocycles. The largest absolute Gasteiger partial charge is 0.347 e. The molecule has 3 amide bonds. The zero-order valence-electron chi connectivity index (χ0n) is 31.5. The number of likely N-dealkylation sites (tertiary alicyclic amines) is 1. The van der Waals surface area contributed by atoms with Gasteiger partial charge in [0.2, 0.25) is 23.4 Å². The van der Waals surface area contributed by atoms with E-state index in [2.05, 4.69) is 10.6 Å². The van der Waals surface area contributed by atoms with E-state index in [1.54, 1.807) is 18.7 Å². The lowest BCUT2D eigenvalue weighted by molar-refractivity contribution is -0.148. The Hall–Kier alpha value is -2.91. The van der Waals surface area contributed by atoms with Crippen LogP contribution in [0.4, 0.5) is 0 Å². The summed E-state index contributed by atoms with van der Waals surface area (Å²) in [6.07, 6.45) is 11.7. The van der Waals surface area contributed by atoms with Crippen LogP contribution in [0, 0.1) is 35.0 Å². The summed E-state index contributed by atoms with van der Waals surface area (Å²) in [5.74, 6) is -4.12. The lowest BCUT2D eigenvalue weighted by atomic mass is 9.76. The Balaban J connectivity index is 1.58. The number of hydrogen-bond donors (Lipinski definition) is 2. The third-order valence-electron chi connectivity index (χ3n) is 11.6. The van der Waals surface area contributed by atoms with Gasteiger partial charge in [-0.15, -0.1) is 0 Å². The zero-order chi connectivity index (χ0) is 36.7. The molecule has 10 heteroatoms. The summed E-state index contributed by atoms with van der Waals surface area (Å²) >= 11 is 0. The van der Waals surface area contributed by atoms with E-state index in [0.717, 1.165) is 70.6 Å². The first-order chi connectivity index (χ1) is 23.6. The van der Waals surface area contributed by atoms with Gasteiger partial charge in [-0.2, -0.15) is 0 Å². The summed E-state index contributed by atoms with van der Waals surface area (Å²) in [6.45, 7) is 11.2. The highest BCUT2D eigenvalue weighted by Crippen LogP contribution is 2.42. The minimum atomic E-state index is -0.968. The van der Waals surface area contributed by atoms with Gasteiger partial charge in [-0.05, 0) is 88.4 Å². The number of hydrogen-bond acceptors (Lipinski definition) is 7. The number of rotatable bonds is 17. The number of amides is 3. The predicted molar refractivity (Wildman–Crippen MR) is 191 cm³/mol. The second-order valence-electron chi connectivity index (χ2n) is 17.3. The van der Waals surface area contributed by atoms with Crippen molar-refractivity contribution in [2.75, 3.05) is 0 Å². The maximum absolute atomic E-state index is 14.8. The minimum absolute atomic E-state index is 0.0617. The molecule has 0 aromatic carbocycles. The van der Waals surface area contributed by atoms with Crippen LogP contribution in [0.3, 0.4) is 0 Å². The molecule has 3 aliphatic carbocycles. The first-order valence-corrected chi connectivity index (χ1v) is 19.7. The SMILES string of the molecule is CCC[C@H](CC(=O)[C@@H]1C[C@@H]2CCCC[C@@H]2N1C(=O)C(NC(=O)[C@@H](CC(=O)C(=O)NC(C)C)C1CCCCC1)C(C)(C)C)C(=O)C(=O)CC1CC1. The number of nitrogens with zero attached hydrogens (tertiary/aromatic N) is 1. The molecule has 1 heterocycles. The molecule has 0 radical (unpaired) electrons. The molecule has 0 aromatic rings. The quantitative estimate of drug-likeness (QED) is 0.186. The molecule has 0 spiro atoms. The highest BCUT2D eigenvalue weighted by atomic mass is 16.2. The Morgan fingerprint density at radius 2 is 1.42 bits per heavy atom. The van der Waals surface area contributed by atoms with Crippen molar-refractivity contribution in [3.05, 3.63) is 0 Å². The summed E-state index contributed by atoms with van der Waals surface area (Å²) in [6, 6.07) is -2.04. The first kappa shape index (κ1) is 39.9. The molecule has 4 fully saturated rings. The van der Waals surface area contributed by atoms with Crippen LogP contribution in [0.15, 0.2) is 0 Å². The van der Waals surface area contributed by atoms with E-state index < -0.39 is 52.7 Å². The Morgan fingerprint density at radius 1 is 0.780 bits per heavy atom. The third kappa shape index (κ3) is 10.3. The van der Waals surface area contributed by atoms with E-state index in [-0.39, 0.29) is 66.6 Å². The van der Waals surface area contributed by atoms with Crippen LogP contribution in [0.2, 0.25) is 0 Å². The molecule has 4 rings (SSSR count). The first-order valence-electron chi connectivity index (χ1n) is 19.7. The van der Waals surface area contributed by atoms with Crippen LogP contribution in [0.25, 0.3) is 0 Å². The van der Waals surface area contributed by atoms with Gasteiger partial charge in [0, 0.05) is 43.2 Å². The fourth-order valence-corrected chi connectivity index (χ4v) is 8.72. The van der Waals surface area contributed by atoms with Gasteiger partial charge >= 0.3 is 0 Å². The summed E-state index contributed by atoms with van der Waals surface area (Å²) < 4.78 is 0. The fraction of sp³-hybridized carbons (Fsp3) is 0.825. The van der Waals surface area contributed by atoms with Gasteiger partial charge in [0.15, 0.2) is 11.6 Å². The van der Waals surface area contributed by atoms with Crippen LogP contribution >= 0.6 is 0 Å². The Labute approximate surface area is 299 Å². The topological polar surface area (TPSA) is 147 Å². The second kappa shape index (κ2) is 17.5. The number of carbonyl (C=O) groups excluding carboxylic acids is 7. The van der Waals surface area contributed by atoms with Crippen LogP contribution in [0.1, 0.15) is 151 Å². The number of Topliss-reactive ketones (excluding diaryl/α,β-unsaturated/α-hetero) is 4. The highest BCUT2D eigenvalue weighted by molar-refractivity contribution is 6.38. The van der Waals surface area contributed by atoms with Gasteiger partial charge in [0.25, 0.3) is 5.91 Å². The molecule has 1 saturated heterocycles. The van der Waals surface area contributed by atoms with E-state index in [4.69, 9.17) is 0 Å². The number of fused-ring (bicyclic) bond motifs is 1. The van der Waals surface area contributed by atoms with Crippen molar-refractivity contribution in [1.29, 1.82) is 0 Å². The Morgan fingerprint density at radius 3 is 2.02 bits per heavy atom. The van der Waals surface area contributed by atoms with E-state index in [0.29, 0.717) is 19.3 Å². The van der Waals surface area contributed by atoms with Gasteiger partial charge in [0.05, 0.1) is 6.04 Å². The molecular weight excluding hydrogens is 634 g/mol. The minimum Gasteiger partial charge on any atom is -0.347 e. The molecule has 280 valence electrons. The van der Waals surface area contributed by atoms with Crippen LogP contribution < -0.4 is 10.6 Å². The standard InChI is InChI=1S/C40H63N3O7/c1-7-13-28(35(47)33(45)20-25-18-19-25)22-32(44)31-21-27-16-11-12-17-30(27)43(31)39(50)36(40(4,5)6)42-37(48)29(26-14-9-8-10-15-26)23-34(46)38(49)41-24(2)3/h24-31,36H,7-23H2,1-6H3,(H,41,49)(H,42,48)/t27-,28+,29-,30-,31-,36?/m0/s1. The van der Waals surface area contributed by atoms with E-state index >= 15 is 0 Å². The monoisotopic (exact) mass is 697 g/mol. The van der Waals surface area contributed by atoms with Crippen LogP contribution in [-0.4, -0.2) is 69.9 Å². The van der Waals surface area contributed by atoms with E-state index in [1.165, 1.54) is 0 Å². The summed E-state index contributed by atoms with van der Waals surface area (Å²) in [5, 5.41) is 5.71. The molecule has 2 N–H and O–H groups in total. The number of carbonyl (C=O) groups is 7. The average Bonchev–Trinajstić information content (AvgIpc) is 3.80. The van der Waals surface area contributed by atoms with Gasteiger partial charge in [-0.1, -0.05) is 66.2 Å².